The Morgan fingerprint density at radius 2 is 2.03 bits per heavy atom. The van der Waals surface area contributed by atoms with Crippen molar-refractivity contribution in [2.45, 2.75) is 25.0 Å². The normalized spacial score (nSPS) is 19.8. The Balaban J connectivity index is 1.78. The smallest absolute Gasteiger partial charge is 0.320 e. The molecule has 2 aliphatic heterocycles. The predicted octanol–water partition coefficient (Wildman–Crippen LogP) is 4.29. The van der Waals surface area contributed by atoms with Crippen molar-refractivity contribution in [1.82, 2.24) is 0 Å². The molecule has 0 amide bonds. The van der Waals surface area contributed by atoms with Gasteiger partial charge in [0.05, 0.1) is 24.0 Å². The summed E-state index contributed by atoms with van der Waals surface area (Å²) in [5.74, 6) is 0.547. The number of carbonyl (C=O) groups excluding carboxylic acids is 1. The Labute approximate surface area is 190 Å². The van der Waals surface area contributed by atoms with Crippen molar-refractivity contribution in [3.05, 3.63) is 63.7 Å². The average molecular weight is 459 g/mol. The van der Waals surface area contributed by atoms with Gasteiger partial charge >= 0.3 is 5.97 Å². The molecule has 168 valence electrons. The fourth-order valence-electron chi connectivity index (χ4n) is 4.42. The molecule has 0 saturated carbocycles. The number of carbonyl (C=O) groups is 1. The largest absolute Gasteiger partial charge is 0.497 e. The van der Waals surface area contributed by atoms with Crippen molar-refractivity contribution in [2.75, 3.05) is 31.0 Å². The molecule has 0 saturated heterocycles. The molecule has 2 heterocycles. The van der Waals surface area contributed by atoms with E-state index in [-0.39, 0.29) is 18.2 Å². The highest BCUT2D eigenvalue weighted by Crippen LogP contribution is 2.55. The summed E-state index contributed by atoms with van der Waals surface area (Å²) in [6.45, 7) is 4.62. The van der Waals surface area contributed by atoms with Crippen LogP contribution in [0.1, 0.15) is 25.0 Å². The maximum absolute atomic E-state index is 11.6. The Kier molecular flexibility index (Phi) is 5.50. The minimum absolute atomic E-state index is 0.00324. The van der Waals surface area contributed by atoms with Gasteiger partial charge < -0.3 is 19.1 Å². The van der Waals surface area contributed by atoms with E-state index in [2.05, 4.69) is 13.8 Å². The Bertz CT molecular complexity index is 1120. The van der Waals surface area contributed by atoms with Crippen molar-refractivity contribution in [3.8, 4) is 11.5 Å². The average Bonchev–Trinajstić information content (AvgIpc) is 2.96. The molecule has 2 aromatic carbocycles. The summed E-state index contributed by atoms with van der Waals surface area (Å²) in [5, 5.41) is 11.2. The van der Waals surface area contributed by atoms with Crippen molar-refractivity contribution < 1.29 is 23.9 Å². The molecule has 1 atom stereocenters. The van der Waals surface area contributed by atoms with Crippen LogP contribution in [0.5, 0.6) is 11.5 Å². The van der Waals surface area contributed by atoms with Crippen molar-refractivity contribution >= 4 is 35.0 Å². The van der Waals surface area contributed by atoms with E-state index in [9.17, 15) is 14.9 Å². The standard InChI is InChI=1S/C23H23ClN2O6/c1-22(2)18-13-17(30-3)5-6-19(18)25(10-11-31-21(27)14-24)23(22)9-8-15-12-16(26(28)29)4-7-20(15)32-23/h4-9,12-13H,10-11,14H2,1-3H3. The van der Waals surface area contributed by atoms with Crippen LogP contribution in [0.3, 0.4) is 0 Å². The highest BCUT2D eigenvalue weighted by molar-refractivity contribution is 6.26. The fraction of sp³-hybridized carbons (Fsp3) is 0.348. The number of benzene rings is 2. The minimum Gasteiger partial charge on any atom is -0.497 e. The van der Waals surface area contributed by atoms with Crippen LogP contribution in [0.25, 0.3) is 6.08 Å². The molecule has 1 spiro atoms. The van der Waals surface area contributed by atoms with Crippen LogP contribution in [0.4, 0.5) is 11.4 Å². The van der Waals surface area contributed by atoms with Crippen molar-refractivity contribution in [1.29, 1.82) is 0 Å². The van der Waals surface area contributed by atoms with E-state index < -0.39 is 22.0 Å². The van der Waals surface area contributed by atoms with E-state index >= 15 is 0 Å². The number of halogens is 1. The predicted molar refractivity (Wildman–Crippen MR) is 121 cm³/mol. The Morgan fingerprint density at radius 1 is 1.25 bits per heavy atom. The second-order valence-electron chi connectivity index (χ2n) is 8.12. The molecular formula is C23H23ClN2O6. The molecule has 0 radical (unpaired) electrons. The molecule has 0 aromatic heterocycles. The van der Waals surface area contributed by atoms with Gasteiger partial charge in [0.15, 0.2) is 0 Å². The lowest BCUT2D eigenvalue weighted by atomic mass is 9.76. The highest BCUT2D eigenvalue weighted by atomic mass is 35.5. The van der Waals surface area contributed by atoms with Crippen LogP contribution in [-0.4, -0.2) is 42.8 Å². The van der Waals surface area contributed by atoms with Gasteiger partial charge in [-0.25, -0.2) is 0 Å². The maximum atomic E-state index is 11.6. The van der Waals surface area contributed by atoms with Gasteiger partial charge in [-0.2, -0.15) is 0 Å². The molecular weight excluding hydrogens is 436 g/mol. The molecule has 0 fully saturated rings. The van der Waals surface area contributed by atoms with E-state index in [1.807, 2.05) is 35.3 Å². The van der Waals surface area contributed by atoms with E-state index in [1.165, 1.54) is 12.1 Å². The second kappa shape index (κ2) is 8.02. The maximum Gasteiger partial charge on any atom is 0.320 e. The van der Waals surface area contributed by atoms with Gasteiger partial charge in [0, 0.05) is 23.4 Å². The first-order chi connectivity index (χ1) is 15.2. The number of anilines is 1. The molecule has 8 nitrogen and oxygen atoms in total. The zero-order chi connectivity index (χ0) is 23.1. The number of non-ortho nitro benzene ring substituents is 1. The summed E-state index contributed by atoms with van der Waals surface area (Å²) in [5.41, 5.74) is 1.07. The number of hydrogen-bond acceptors (Lipinski definition) is 7. The van der Waals surface area contributed by atoms with Crippen LogP contribution in [0, 0.1) is 10.1 Å². The van der Waals surface area contributed by atoms with Gasteiger partial charge in [0.2, 0.25) is 5.72 Å². The molecule has 1 unspecified atom stereocenters. The van der Waals surface area contributed by atoms with E-state index in [4.69, 9.17) is 25.8 Å². The van der Waals surface area contributed by atoms with Gasteiger partial charge in [0.1, 0.15) is 24.0 Å². The van der Waals surface area contributed by atoms with Crippen LogP contribution in [0.2, 0.25) is 0 Å². The quantitative estimate of drug-likeness (QED) is 0.276. The number of hydrogen-bond donors (Lipinski definition) is 0. The van der Waals surface area contributed by atoms with Crippen LogP contribution in [-0.2, 0) is 14.9 Å². The first-order valence-electron chi connectivity index (χ1n) is 10.1. The molecule has 2 aliphatic rings. The molecule has 2 aromatic rings. The SMILES string of the molecule is COc1ccc2c(c1)C(C)(C)C1(C=Cc3cc([N+](=O)[O-])ccc3O1)N2CCOC(=O)CCl. The summed E-state index contributed by atoms with van der Waals surface area (Å²) >= 11 is 5.55. The molecule has 0 N–H and O–H groups in total. The number of methoxy groups -OCH3 is 1. The van der Waals surface area contributed by atoms with Crippen LogP contribution >= 0.6 is 11.6 Å². The topological polar surface area (TPSA) is 91.1 Å². The number of ether oxygens (including phenoxy) is 3. The van der Waals surface area contributed by atoms with Crippen molar-refractivity contribution in [2.24, 2.45) is 0 Å². The lowest BCUT2D eigenvalue weighted by molar-refractivity contribution is -0.384. The van der Waals surface area contributed by atoms with E-state index in [1.54, 1.807) is 13.2 Å². The highest BCUT2D eigenvalue weighted by Gasteiger charge is 2.59. The minimum atomic E-state index is -0.946. The summed E-state index contributed by atoms with van der Waals surface area (Å²) in [4.78, 5) is 24.4. The first-order valence-corrected chi connectivity index (χ1v) is 10.6. The number of nitrogens with zero attached hydrogens (tertiary/aromatic N) is 2. The summed E-state index contributed by atoms with van der Waals surface area (Å²) in [7, 11) is 1.61. The van der Waals surface area contributed by atoms with E-state index in [0.29, 0.717) is 17.9 Å². The number of fused-ring (bicyclic) bond motifs is 2. The number of esters is 1. The van der Waals surface area contributed by atoms with Gasteiger partial charge in [-0.1, -0.05) is 0 Å². The van der Waals surface area contributed by atoms with Gasteiger partial charge in [-0.15, -0.1) is 11.6 Å². The third-order valence-electron chi connectivity index (χ3n) is 6.11. The summed E-state index contributed by atoms with van der Waals surface area (Å²) < 4.78 is 17.3. The monoisotopic (exact) mass is 458 g/mol. The van der Waals surface area contributed by atoms with Crippen molar-refractivity contribution in [3.63, 3.8) is 0 Å². The Morgan fingerprint density at radius 3 is 2.72 bits per heavy atom. The lowest BCUT2D eigenvalue weighted by Gasteiger charge is -2.47. The fourth-order valence-corrected chi connectivity index (χ4v) is 4.50. The molecule has 4 rings (SSSR count). The zero-order valence-electron chi connectivity index (χ0n) is 18.0. The Hall–Kier alpha value is -3.26. The number of nitro benzene ring substituents is 1. The zero-order valence-corrected chi connectivity index (χ0v) is 18.7. The third kappa shape index (κ3) is 3.35. The second-order valence-corrected chi connectivity index (χ2v) is 8.39. The molecule has 9 heteroatoms. The summed E-state index contributed by atoms with van der Waals surface area (Å²) in [6, 6.07) is 10.3. The van der Waals surface area contributed by atoms with Gasteiger partial charge in [-0.3, -0.25) is 14.9 Å². The van der Waals surface area contributed by atoms with Gasteiger partial charge in [0.25, 0.3) is 5.69 Å². The van der Waals surface area contributed by atoms with Gasteiger partial charge in [-0.05, 0) is 55.8 Å². The van der Waals surface area contributed by atoms with Crippen LogP contribution in [0.15, 0.2) is 42.5 Å². The lowest BCUT2D eigenvalue weighted by Crippen LogP contribution is -2.60. The number of alkyl halides is 1. The molecule has 32 heavy (non-hydrogen) atoms. The number of rotatable bonds is 6. The third-order valence-corrected chi connectivity index (χ3v) is 6.33. The van der Waals surface area contributed by atoms with Crippen LogP contribution < -0.4 is 14.4 Å². The number of nitro groups is 1. The summed E-state index contributed by atoms with van der Waals surface area (Å²) in [6.07, 6.45) is 3.75. The first kappa shape index (κ1) is 22.0. The molecule has 0 bridgehead atoms. The van der Waals surface area contributed by atoms with E-state index in [0.717, 1.165) is 17.0 Å². The molecule has 0 aliphatic carbocycles.